The Balaban J connectivity index is 1.85. The summed E-state index contributed by atoms with van der Waals surface area (Å²) in [5, 5.41) is 0. The molecule has 2 aliphatic rings. The number of hydrogen-bond acceptors (Lipinski definition) is 3. The summed E-state index contributed by atoms with van der Waals surface area (Å²) < 4.78 is 5.67. The first-order valence-electron chi connectivity index (χ1n) is 7.94. The number of para-hydroxylation sites is 1. The van der Waals surface area contributed by atoms with Crippen LogP contribution in [0.2, 0.25) is 0 Å². The number of nitrogens with zero attached hydrogens (tertiary/aromatic N) is 1. The van der Waals surface area contributed by atoms with Gasteiger partial charge in [-0.25, -0.2) is 0 Å². The van der Waals surface area contributed by atoms with Crippen LogP contribution in [-0.4, -0.2) is 36.5 Å². The minimum atomic E-state index is -0.0747. The van der Waals surface area contributed by atoms with Gasteiger partial charge in [-0.1, -0.05) is 25.1 Å². The van der Waals surface area contributed by atoms with E-state index in [9.17, 15) is 4.79 Å². The van der Waals surface area contributed by atoms with Crippen molar-refractivity contribution < 1.29 is 9.53 Å². The van der Waals surface area contributed by atoms with Gasteiger partial charge < -0.3 is 15.4 Å². The molecule has 2 aliphatic heterocycles. The molecule has 0 bridgehead atoms. The average Bonchev–Trinajstić information content (AvgIpc) is 2.53. The van der Waals surface area contributed by atoms with Crippen LogP contribution in [0.3, 0.4) is 0 Å². The van der Waals surface area contributed by atoms with Gasteiger partial charge in [-0.3, -0.25) is 4.79 Å². The van der Waals surface area contributed by atoms with Crippen LogP contribution in [0.1, 0.15) is 37.7 Å². The smallest absolute Gasteiger partial charge is 0.230 e. The molecule has 114 valence electrons. The lowest BCUT2D eigenvalue weighted by atomic mass is 9.86. The molecular weight excluding hydrogens is 264 g/mol. The van der Waals surface area contributed by atoms with Crippen molar-refractivity contribution in [3.05, 3.63) is 29.8 Å². The van der Waals surface area contributed by atoms with Crippen molar-refractivity contribution in [1.29, 1.82) is 0 Å². The molecule has 3 rings (SSSR count). The van der Waals surface area contributed by atoms with Crippen molar-refractivity contribution >= 4 is 5.91 Å². The molecule has 0 unspecified atom stereocenters. The summed E-state index contributed by atoms with van der Waals surface area (Å²) in [4.78, 5) is 15.1. The minimum absolute atomic E-state index is 0.0747. The number of ether oxygens (including phenoxy) is 1. The summed E-state index contributed by atoms with van der Waals surface area (Å²) in [6, 6.07) is 8.08. The molecule has 21 heavy (non-hydrogen) atoms. The molecule has 0 saturated carbocycles. The SMILES string of the molecule is C[C@@H]1CCCN(C(=O)[C@@H]2CCOc3ccccc32)[C@H]1CN. The maximum atomic E-state index is 13.0. The Labute approximate surface area is 126 Å². The van der Waals surface area contributed by atoms with Crippen molar-refractivity contribution in [2.45, 2.75) is 38.1 Å². The lowest BCUT2D eigenvalue weighted by Crippen LogP contribution is -2.53. The highest BCUT2D eigenvalue weighted by Gasteiger charge is 2.36. The number of benzene rings is 1. The van der Waals surface area contributed by atoms with E-state index in [4.69, 9.17) is 10.5 Å². The summed E-state index contributed by atoms with van der Waals surface area (Å²) in [5.74, 6) is 1.50. The number of carbonyl (C=O) groups excluding carboxylic acids is 1. The first kappa shape index (κ1) is 14.4. The Kier molecular flexibility index (Phi) is 4.15. The van der Waals surface area contributed by atoms with Crippen molar-refractivity contribution in [2.24, 2.45) is 11.7 Å². The number of fused-ring (bicyclic) bond motifs is 1. The Hall–Kier alpha value is -1.55. The van der Waals surface area contributed by atoms with E-state index in [2.05, 4.69) is 6.92 Å². The second kappa shape index (κ2) is 6.06. The standard InChI is InChI=1S/C17H24N2O2/c1-12-5-4-9-19(15(12)11-18)17(20)14-8-10-21-16-7-3-2-6-13(14)16/h2-3,6-7,12,14-15H,4-5,8-11,18H2,1H3/t12-,14-,15+/m1/s1. The number of amides is 1. The second-order valence-electron chi connectivity index (χ2n) is 6.18. The zero-order chi connectivity index (χ0) is 14.8. The largest absolute Gasteiger partial charge is 0.493 e. The average molecular weight is 288 g/mol. The highest BCUT2D eigenvalue weighted by molar-refractivity contribution is 5.85. The fourth-order valence-corrected chi connectivity index (χ4v) is 3.68. The van der Waals surface area contributed by atoms with E-state index in [-0.39, 0.29) is 17.9 Å². The van der Waals surface area contributed by atoms with Gasteiger partial charge in [0.1, 0.15) is 5.75 Å². The zero-order valence-corrected chi connectivity index (χ0v) is 12.6. The van der Waals surface area contributed by atoms with Crippen LogP contribution >= 0.6 is 0 Å². The Morgan fingerprint density at radius 1 is 1.38 bits per heavy atom. The third-order valence-electron chi connectivity index (χ3n) is 4.90. The van der Waals surface area contributed by atoms with Gasteiger partial charge in [0.15, 0.2) is 0 Å². The third-order valence-corrected chi connectivity index (χ3v) is 4.90. The van der Waals surface area contributed by atoms with Gasteiger partial charge in [0.25, 0.3) is 0 Å². The van der Waals surface area contributed by atoms with E-state index in [1.54, 1.807) is 0 Å². The highest BCUT2D eigenvalue weighted by Crippen LogP contribution is 2.36. The van der Waals surface area contributed by atoms with E-state index < -0.39 is 0 Å². The van der Waals surface area contributed by atoms with E-state index in [1.807, 2.05) is 29.2 Å². The van der Waals surface area contributed by atoms with E-state index in [1.165, 1.54) is 0 Å². The van der Waals surface area contributed by atoms with Crippen molar-refractivity contribution in [1.82, 2.24) is 4.90 Å². The summed E-state index contributed by atoms with van der Waals surface area (Å²) in [6.45, 7) is 4.21. The van der Waals surface area contributed by atoms with Gasteiger partial charge >= 0.3 is 0 Å². The first-order chi connectivity index (χ1) is 10.2. The number of likely N-dealkylation sites (tertiary alicyclic amines) is 1. The normalized spacial score (nSPS) is 28.7. The molecule has 3 atom stereocenters. The molecule has 1 saturated heterocycles. The molecule has 1 aromatic rings. The molecule has 2 N–H and O–H groups in total. The topological polar surface area (TPSA) is 55.6 Å². The lowest BCUT2D eigenvalue weighted by Gasteiger charge is -2.41. The zero-order valence-electron chi connectivity index (χ0n) is 12.6. The molecule has 1 aromatic carbocycles. The Morgan fingerprint density at radius 3 is 3.00 bits per heavy atom. The van der Waals surface area contributed by atoms with Crippen LogP contribution in [0.5, 0.6) is 5.75 Å². The predicted octanol–water partition coefficient (Wildman–Crippen LogP) is 2.14. The van der Waals surface area contributed by atoms with Gasteiger partial charge in [0, 0.05) is 24.7 Å². The molecule has 0 aliphatic carbocycles. The van der Waals surface area contributed by atoms with Crippen LogP contribution in [0.4, 0.5) is 0 Å². The van der Waals surface area contributed by atoms with Crippen LogP contribution in [0.15, 0.2) is 24.3 Å². The molecule has 2 heterocycles. The fourth-order valence-electron chi connectivity index (χ4n) is 3.68. The van der Waals surface area contributed by atoms with Crippen LogP contribution in [-0.2, 0) is 4.79 Å². The quantitative estimate of drug-likeness (QED) is 0.907. The first-order valence-corrected chi connectivity index (χ1v) is 7.94. The lowest BCUT2D eigenvalue weighted by molar-refractivity contribution is -0.138. The summed E-state index contributed by atoms with van der Waals surface area (Å²) in [6.07, 6.45) is 3.00. The number of carbonyl (C=O) groups is 1. The van der Waals surface area contributed by atoms with E-state index in [0.717, 1.165) is 37.1 Å². The highest BCUT2D eigenvalue weighted by atomic mass is 16.5. The monoisotopic (exact) mass is 288 g/mol. The molecule has 0 aromatic heterocycles. The number of piperidine rings is 1. The predicted molar refractivity (Wildman–Crippen MR) is 82.2 cm³/mol. The second-order valence-corrected chi connectivity index (χ2v) is 6.18. The van der Waals surface area contributed by atoms with Gasteiger partial charge in [-0.2, -0.15) is 0 Å². The summed E-state index contributed by atoms with van der Waals surface area (Å²) in [7, 11) is 0. The molecular formula is C17H24N2O2. The van der Waals surface area contributed by atoms with Gasteiger partial charge in [0.2, 0.25) is 5.91 Å². The Bertz CT molecular complexity index is 517. The maximum Gasteiger partial charge on any atom is 0.230 e. The fraction of sp³-hybridized carbons (Fsp3) is 0.588. The molecule has 4 nitrogen and oxygen atoms in total. The van der Waals surface area contributed by atoms with Gasteiger partial charge in [0.05, 0.1) is 12.5 Å². The summed E-state index contributed by atoms with van der Waals surface area (Å²) in [5.41, 5.74) is 6.96. The molecule has 1 amide bonds. The van der Waals surface area contributed by atoms with Crippen molar-refractivity contribution in [2.75, 3.05) is 19.7 Å². The molecule has 0 spiro atoms. The van der Waals surface area contributed by atoms with E-state index in [0.29, 0.717) is 19.1 Å². The van der Waals surface area contributed by atoms with E-state index >= 15 is 0 Å². The number of nitrogens with two attached hydrogens (primary N) is 1. The van der Waals surface area contributed by atoms with Gasteiger partial charge in [-0.05, 0) is 31.2 Å². The van der Waals surface area contributed by atoms with Crippen LogP contribution < -0.4 is 10.5 Å². The maximum absolute atomic E-state index is 13.0. The number of rotatable bonds is 2. The minimum Gasteiger partial charge on any atom is -0.493 e. The molecule has 1 fully saturated rings. The number of hydrogen-bond donors (Lipinski definition) is 1. The molecule has 0 radical (unpaired) electrons. The Morgan fingerprint density at radius 2 is 2.19 bits per heavy atom. The molecule has 4 heteroatoms. The third kappa shape index (κ3) is 2.64. The van der Waals surface area contributed by atoms with Crippen molar-refractivity contribution in [3.8, 4) is 5.75 Å². The summed E-state index contributed by atoms with van der Waals surface area (Å²) >= 11 is 0. The van der Waals surface area contributed by atoms with Crippen LogP contribution in [0.25, 0.3) is 0 Å². The van der Waals surface area contributed by atoms with Crippen LogP contribution in [0, 0.1) is 5.92 Å². The van der Waals surface area contributed by atoms with Gasteiger partial charge in [-0.15, -0.1) is 0 Å². The van der Waals surface area contributed by atoms with Crippen molar-refractivity contribution in [3.63, 3.8) is 0 Å².